The lowest BCUT2D eigenvalue weighted by molar-refractivity contribution is -0.158. The average molecular weight is 635 g/mol. The van der Waals surface area contributed by atoms with Gasteiger partial charge >= 0.3 is 17.9 Å². The molecule has 3 rings (SSSR count). The summed E-state index contributed by atoms with van der Waals surface area (Å²) in [6.07, 6.45) is 9.90. The molecule has 0 saturated heterocycles. The largest absolute Gasteiger partial charge is 0.494 e. The summed E-state index contributed by atoms with van der Waals surface area (Å²) in [7, 11) is 0. The van der Waals surface area contributed by atoms with Gasteiger partial charge in [0.15, 0.2) is 17.7 Å². The molecular formula is C38H47FO7. The van der Waals surface area contributed by atoms with E-state index in [0.717, 1.165) is 29.4 Å². The van der Waals surface area contributed by atoms with E-state index in [2.05, 4.69) is 6.92 Å². The van der Waals surface area contributed by atoms with Gasteiger partial charge in [-0.15, -0.1) is 0 Å². The molecule has 0 aliphatic rings. The van der Waals surface area contributed by atoms with Gasteiger partial charge in [-0.2, -0.15) is 0 Å². The van der Waals surface area contributed by atoms with Gasteiger partial charge in [0, 0.05) is 0 Å². The smallest absolute Gasteiger partial charge is 0.347 e. The van der Waals surface area contributed by atoms with E-state index in [-0.39, 0.29) is 23.0 Å². The second-order valence-electron chi connectivity index (χ2n) is 11.4. The molecule has 248 valence electrons. The van der Waals surface area contributed by atoms with Gasteiger partial charge in [-0.05, 0) is 79.8 Å². The number of hydrogen-bond acceptors (Lipinski definition) is 7. The molecule has 0 spiro atoms. The zero-order chi connectivity index (χ0) is 33.3. The van der Waals surface area contributed by atoms with Gasteiger partial charge in [-0.1, -0.05) is 90.0 Å². The van der Waals surface area contributed by atoms with Crippen LogP contribution in [0.5, 0.6) is 11.5 Å². The van der Waals surface area contributed by atoms with Crippen LogP contribution >= 0.6 is 0 Å². The molecule has 0 N–H and O–H groups in total. The Morgan fingerprint density at radius 2 is 1.24 bits per heavy atom. The van der Waals surface area contributed by atoms with Crippen LogP contribution in [0.3, 0.4) is 0 Å². The van der Waals surface area contributed by atoms with Crippen molar-refractivity contribution in [1.82, 2.24) is 0 Å². The number of halogens is 1. The van der Waals surface area contributed by atoms with Crippen LogP contribution in [0.25, 0.3) is 11.1 Å². The number of esters is 3. The minimum absolute atomic E-state index is 0.131. The van der Waals surface area contributed by atoms with Crippen LogP contribution in [0, 0.1) is 5.82 Å². The topological polar surface area (TPSA) is 88.1 Å². The maximum absolute atomic E-state index is 14.8. The van der Waals surface area contributed by atoms with Crippen LogP contribution in [0.1, 0.15) is 113 Å². The van der Waals surface area contributed by atoms with Gasteiger partial charge in [0.25, 0.3) is 0 Å². The first-order valence-electron chi connectivity index (χ1n) is 16.5. The predicted molar refractivity (Wildman–Crippen MR) is 177 cm³/mol. The highest BCUT2D eigenvalue weighted by Gasteiger charge is 2.23. The Balaban J connectivity index is 1.47. The van der Waals surface area contributed by atoms with E-state index in [1.807, 2.05) is 38.1 Å². The van der Waals surface area contributed by atoms with E-state index in [4.69, 9.17) is 18.9 Å². The molecule has 8 heteroatoms. The lowest BCUT2D eigenvalue weighted by Gasteiger charge is -2.18. The summed E-state index contributed by atoms with van der Waals surface area (Å²) < 4.78 is 36.3. The molecule has 0 aromatic heterocycles. The van der Waals surface area contributed by atoms with Gasteiger partial charge in [-0.3, -0.25) is 0 Å². The molecule has 1 unspecified atom stereocenters. The minimum Gasteiger partial charge on any atom is -0.494 e. The monoisotopic (exact) mass is 634 g/mol. The number of unbranched alkanes of at least 4 members (excludes halogenated alkanes) is 7. The molecule has 3 aromatic rings. The van der Waals surface area contributed by atoms with E-state index in [9.17, 15) is 18.8 Å². The Morgan fingerprint density at radius 1 is 0.674 bits per heavy atom. The fraction of sp³-hybridized carbons (Fsp3) is 0.447. The highest BCUT2D eigenvalue weighted by atomic mass is 19.1. The van der Waals surface area contributed by atoms with E-state index >= 15 is 0 Å². The normalized spacial score (nSPS) is 11.6. The van der Waals surface area contributed by atoms with Crippen molar-refractivity contribution in [3.63, 3.8) is 0 Å². The van der Waals surface area contributed by atoms with Crippen molar-refractivity contribution in [2.45, 2.75) is 104 Å². The quantitative estimate of drug-likeness (QED) is 0.0737. The SMILES string of the molecule is CCCCCCCCCCOc1ccc(-c2ccc(C(=O)Oc3ccc(C(=O)OC(C)C(=O)OC(CC)CC)cc3F)cc2)cc1. The summed E-state index contributed by atoms with van der Waals surface area (Å²) in [5, 5.41) is 0. The van der Waals surface area contributed by atoms with E-state index in [0.29, 0.717) is 19.4 Å². The highest BCUT2D eigenvalue weighted by molar-refractivity contribution is 5.93. The zero-order valence-corrected chi connectivity index (χ0v) is 27.5. The van der Waals surface area contributed by atoms with Crippen LogP contribution in [-0.2, 0) is 14.3 Å². The summed E-state index contributed by atoms with van der Waals surface area (Å²) in [6.45, 7) is 8.10. The molecule has 0 aliphatic carbocycles. The third-order valence-electron chi connectivity index (χ3n) is 7.75. The van der Waals surface area contributed by atoms with Crippen molar-refractivity contribution in [2.75, 3.05) is 6.61 Å². The Hall–Kier alpha value is -4.20. The fourth-order valence-electron chi connectivity index (χ4n) is 4.83. The minimum atomic E-state index is -1.16. The van der Waals surface area contributed by atoms with Gasteiger partial charge in [0.1, 0.15) is 11.9 Å². The van der Waals surface area contributed by atoms with Gasteiger partial charge < -0.3 is 18.9 Å². The molecule has 0 fully saturated rings. The first-order valence-corrected chi connectivity index (χ1v) is 16.5. The Morgan fingerprint density at radius 3 is 1.83 bits per heavy atom. The van der Waals surface area contributed by atoms with Crippen LogP contribution < -0.4 is 9.47 Å². The molecule has 0 heterocycles. The van der Waals surface area contributed by atoms with Crippen LogP contribution in [-0.4, -0.2) is 36.7 Å². The van der Waals surface area contributed by atoms with Crippen molar-refractivity contribution in [3.05, 3.63) is 83.7 Å². The second-order valence-corrected chi connectivity index (χ2v) is 11.4. The standard InChI is InChI=1S/C38H47FO7/c1-5-8-9-10-11-12-13-14-25-43-33-22-19-29(20-23-33)28-15-17-30(18-16-28)37(41)46-35-24-21-31(26-34(35)39)38(42)44-27(4)36(40)45-32(6-2)7-3/h15-24,26-27,32H,5-14,25H2,1-4H3. The van der Waals surface area contributed by atoms with Crippen LogP contribution in [0.2, 0.25) is 0 Å². The first-order chi connectivity index (χ1) is 22.2. The molecule has 0 saturated carbocycles. The predicted octanol–water partition coefficient (Wildman–Crippen LogP) is 9.51. The lowest BCUT2D eigenvalue weighted by atomic mass is 10.0. The molecule has 46 heavy (non-hydrogen) atoms. The molecule has 3 aromatic carbocycles. The summed E-state index contributed by atoms with van der Waals surface area (Å²) in [5.74, 6) is -2.75. The average Bonchev–Trinajstić information content (AvgIpc) is 3.07. The highest BCUT2D eigenvalue weighted by Crippen LogP contribution is 2.25. The summed E-state index contributed by atoms with van der Waals surface area (Å²) >= 11 is 0. The molecule has 7 nitrogen and oxygen atoms in total. The maximum atomic E-state index is 14.8. The fourth-order valence-corrected chi connectivity index (χ4v) is 4.83. The Labute approximate surface area is 272 Å². The molecule has 0 bridgehead atoms. The van der Waals surface area contributed by atoms with E-state index in [1.54, 1.807) is 24.3 Å². The third kappa shape index (κ3) is 11.6. The number of carbonyl (C=O) groups excluding carboxylic acids is 3. The number of benzene rings is 3. The van der Waals surface area contributed by atoms with Crippen LogP contribution in [0.4, 0.5) is 4.39 Å². The molecule has 0 radical (unpaired) electrons. The van der Waals surface area contributed by atoms with Crippen LogP contribution in [0.15, 0.2) is 66.7 Å². The van der Waals surface area contributed by atoms with Crippen molar-refractivity contribution in [1.29, 1.82) is 0 Å². The van der Waals surface area contributed by atoms with Gasteiger partial charge in [-0.25, -0.2) is 18.8 Å². The van der Waals surface area contributed by atoms with E-state index < -0.39 is 29.8 Å². The molecule has 0 aliphatic heterocycles. The molecule has 0 amide bonds. The summed E-state index contributed by atoms with van der Waals surface area (Å²) in [6, 6.07) is 17.9. The number of ether oxygens (including phenoxy) is 4. The van der Waals surface area contributed by atoms with E-state index in [1.165, 1.54) is 64.0 Å². The van der Waals surface area contributed by atoms with Crippen molar-refractivity contribution < 1.29 is 37.7 Å². The number of rotatable bonds is 19. The molecular weight excluding hydrogens is 587 g/mol. The van der Waals surface area contributed by atoms with Crippen molar-refractivity contribution in [3.8, 4) is 22.6 Å². The Kier molecular flexibility index (Phi) is 15.3. The van der Waals surface area contributed by atoms with Crippen molar-refractivity contribution >= 4 is 17.9 Å². The third-order valence-corrected chi connectivity index (χ3v) is 7.75. The van der Waals surface area contributed by atoms with Gasteiger partial charge in [0.2, 0.25) is 0 Å². The summed E-state index contributed by atoms with van der Waals surface area (Å²) in [4.78, 5) is 37.4. The van der Waals surface area contributed by atoms with Gasteiger partial charge in [0.05, 0.1) is 17.7 Å². The summed E-state index contributed by atoms with van der Waals surface area (Å²) in [5.41, 5.74) is 1.97. The zero-order valence-electron chi connectivity index (χ0n) is 27.5. The molecule has 1 atom stereocenters. The van der Waals surface area contributed by atoms with Crippen molar-refractivity contribution in [2.24, 2.45) is 0 Å². The second kappa shape index (κ2) is 19.3. The maximum Gasteiger partial charge on any atom is 0.347 e. The lowest BCUT2D eigenvalue weighted by Crippen LogP contribution is -2.29. The Bertz CT molecular complexity index is 1380. The first kappa shape index (κ1) is 36.3. The number of carbonyl (C=O) groups is 3. The number of hydrogen-bond donors (Lipinski definition) is 0.